The van der Waals surface area contributed by atoms with Crippen molar-refractivity contribution in [3.63, 3.8) is 0 Å². The SMILES string of the molecule is O=C(CCCBr)On1nnc2ccc([N+](=O)[O-])cc21. The van der Waals surface area contributed by atoms with Gasteiger partial charge in [0.05, 0.1) is 4.92 Å². The lowest BCUT2D eigenvalue weighted by atomic mass is 10.3. The van der Waals surface area contributed by atoms with Gasteiger partial charge in [-0.25, -0.2) is 4.79 Å². The van der Waals surface area contributed by atoms with E-state index in [0.717, 1.165) is 4.85 Å². The largest absolute Gasteiger partial charge is 0.335 e. The van der Waals surface area contributed by atoms with E-state index in [1.807, 2.05) is 0 Å². The maximum absolute atomic E-state index is 11.5. The number of nitro groups is 1. The molecule has 0 saturated heterocycles. The first-order valence-electron chi connectivity index (χ1n) is 5.39. The number of hydrogen-bond acceptors (Lipinski definition) is 6. The summed E-state index contributed by atoms with van der Waals surface area (Å²) in [4.78, 5) is 27.5. The summed E-state index contributed by atoms with van der Waals surface area (Å²) >= 11 is 3.20. The number of rotatable bonds is 5. The molecular weight excluding hydrogens is 320 g/mol. The van der Waals surface area contributed by atoms with Crippen LogP contribution in [0.4, 0.5) is 5.69 Å². The predicted octanol–water partition coefficient (Wildman–Crippen LogP) is 1.47. The molecule has 1 aromatic heterocycles. The molecule has 0 saturated carbocycles. The molecule has 2 rings (SSSR count). The monoisotopic (exact) mass is 328 g/mol. The Morgan fingerprint density at radius 2 is 2.32 bits per heavy atom. The molecule has 0 bridgehead atoms. The zero-order chi connectivity index (χ0) is 13.8. The van der Waals surface area contributed by atoms with Crippen molar-refractivity contribution in [2.24, 2.45) is 0 Å². The molecule has 0 amide bonds. The van der Waals surface area contributed by atoms with Gasteiger partial charge in [-0.3, -0.25) is 10.1 Å². The third-order valence-corrected chi connectivity index (χ3v) is 2.87. The second kappa shape index (κ2) is 5.74. The lowest BCUT2D eigenvalue weighted by Gasteiger charge is -2.02. The number of hydrogen-bond donors (Lipinski definition) is 0. The quantitative estimate of drug-likeness (QED) is 0.356. The molecule has 0 N–H and O–H groups in total. The van der Waals surface area contributed by atoms with Gasteiger partial charge in [-0.15, -0.1) is 5.10 Å². The molecule has 1 aromatic carbocycles. The van der Waals surface area contributed by atoms with Crippen molar-refractivity contribution in [3.05, 3.63) is 28.3 Å². The average Bonchev–Trinajstić information content (AvgIpc) is 2.78. The number of halogens is 1. The van der Waals surface area contributed by atoms with E-state index < -0.39 is 10.9 Å². The highest BCUT2D eigenvalue weighted by Gasteiger charge is 2.14. The fourth-order valence-corrected chi connectivity index (χ4v) is 1.70. The van der Waals surface area contributed by atoms with E-state index in [1.165, 1.54) is 18.2 Å². The van der Waals surface area contributed by atoms with Gasteiger partial charge in [-0.2, -0.15) is 0 Å². The normalized spacial score (nSPS) is 10.6. The molecule has 0 atom stereocenters. The summed E-state index contributed by atoms with van der Waals surface area (Å²) < 4.78 is 0. The number of benzene rings is 1. The van der Waals surface area contributed by atoms with Gasteiger partial charge in [-0.1, -0.05) is 20.8 Å². The first kappa shape index (κ1) is 13.4. The van der Waals surface area contributed by atoms with E-state index in [-0.39, 0.29) is 17.6 Å². The first-order chi connectivity index (χ1) is 9.11. The second-order valence-corrected chi connectivity index (χ2v) is 4.44. The van der Waals surface area contributed by atoms with Crippen molar-refractivity contribution < 1.29 is 14.6 Å². The van der Waals surface area contributed by atoms with Gasteiger partial charge in [0, 0.05) is 23.9 Å². The second-order valence-electron chi connectivity index (χ2n) is 3.65. The molecule has 0 unspecified atom stereocenters. The van der Waals surface area contributed by atoms with Crippen LogP contribution in [0.5, 0.6) is 0 Å². The molecule has 0 aliphatic heterocycles. The summed E-state index contributed by atoms with van der Waals surface area (Å²) in [6.45, 7) is 0. The van der Waals surface area contributed by atoms with Crippen LogP contribution in [-0.4, -0.2) is 31.4 Å². The molecule has 19 heavy (non-hydrogen) atoms. The Balaban J connectivity index is 2.25. The molecule has 0 spiro atoms. The minimum Gasteiger partial charge on any atom is -0.317 e. The van der Waals surface area contributed by atoms with Gasteiger partial charge in [-0.05, 0) is 17.7 Å². The highest BCUT2D eigenvalue weighted by Crippen LogP contribution is 2.18. The Morgan fingerprint density at radius 3 is 3.00 bits per heavy atom. The average molecular weight is 329 g/mol. The summed E-state index contributed by atoms with van der Waals surface area (Å²) in [7, 11) is 0. The Bertz CT molecular complexity index is 627. The van der Waals surface area contributed by atoms with Gasteiger partial charge in [0.1, 0.15) is 11.0 Å². The lowest BCUT2D eigenvalue weighted by Crippen LogP contribution is -2.20. The van der Waals surface area contributed by atoms with E-state index in [0.29, 0.717) is 17.3 Å². The summed E-state index contributed by atoms with van der Waals surface area (Å²) in [5, 5.41) is 18.8. The number of non-ortho nitro benzene ring substituents is 1. The van der Waals surface area contributed by atoms with Crippen LogP contribution in [0.15, 0.2) is 18.2 Å². The maximum Gasteiger partial charge on any atom is 0.335 e. The Kier molecular flexibility index (Phi) is 4.05. The standard InChI is InChI=1S/C10H9BrN4O4/c11-5-1-2-10(16)19-14-9-6-7(15(17)18)3-4-8(9)12-13-14/h3-4,6H,1-2,5H2. The topological polar surface area (TPSA) is 100 Å². The lowest BCUT2D eigenvalue weighted by molar-refractivity contribution is -0.384. The zero-order valence-corrected chi connectivity index (χ0v) is 11.2. The number of nitrogens with zero attached hydrogens (tertiary/aromatic N) is 4. The van der Waals surface area contributed by atoms with Gasteiger partial charge in [0.15, 0.2) is 0 Å². The van der Waals surface area contributed by atoms with Crippen molar-refractivity contribution in [2.45, 2.75) is 12.8 Å². The maximum atomic E-state index is 11.5. The van der Waals surface area contributed by atoms with Crippen molar-refractivity contribution in [3.8, 4) is 0 Å². The molecule has 2 aromatic rings. The van der Waals surface area contributed by atoms with Crippen molar-refractivity contribution in [1.82, 2.24) is 15.2 Å². The molecule has 0 fully saturated rings. The molecule has 1 heterocycles. The van der Waals surface area contributed by atoms with E-state index in [1.54, 1.807) is 0 Å². The fraction of sp³-hybridized carbons (Fsp3) is 0.300. The van der Waals surface area contributed by atoms with Crippen LogP contribution < -0.4 is 4.84 Å². The van der Waals surface area contributed by atoms with E-state index in [9.17, 15) is 14.9 Å². The minimum absolute atomic E-state index is 0.118. The zero-order valence-electron chi connectivity index (χ0n) is 9.65. The van der Waals surface area contributed by atoms with Crippen LogP contribution >= 0.6 is 15.9 Å². The Morgan fingerprint density at radius 1 is 1.53 bits per heavy atom. The van der Waals surface area contributed by atoms with Crippen LogP contribution in [0.25, 0.3) is 11.0 Å². The van der Waals surface area contributed by atoms with E-state index >= 15 is 0 Å². The molecule has 9 heteroatoms. The predicted molar refractivity (Wildman–Crippen MR) is 68.8 cm³/mol. The minimum atomic E-state index is -0.538. The molecule has 0 radical (unpaired) electrons. The Labute approximate surface area is 115 Å². The fourth-order valence-electron chi connectivity index (χ4n) is 1.42. The van der Waals surface area contributed by atoms with Crippen LogP contribution in [0.1, 0.15) is 12.8 Å². The van der Waals surface area contributed by atoms with E-state index in [2.05, 4.69) is 26.2 Å². The molecular formula is C10H9BrN4O4. The third kappa shape index (κ3) is 3.05. The summed E-state index contributed by atoms with van der Waals surface area (Å²) in [6.07, 6.45) is 0.854. The molecule has 8 nitrogen and oxygen atoms in total. The number of aromatic nitrogens is 3. The number of fused-ring (bicyclic) bond motifs is 1. The smallest absolute Gasteiger partial charge is 0.317 e. The van der Waals surface area contributed by atoms with Gasteiger partial charge in [0.2, 0.25) is 0 Å². The van der Waals surface area contributed by atoms with Crippen LogP contribution in [0.2, 0.25) is 0 Å². The van der Waals surface area contributed by atoms with Crippen LogP contribution in [-0.2, 0) is 4.79 Å². The highest BCUT2D eigenvalue weighted by molar-refractivity contribution is 9.09. The summed E-state index contributed by atoms with van der Waals surface area (Å²) in [5.74, 6) is -0.474. The first-order valence-corrected chi connectivity index (χ1v) is 6.51. The molecule has 100 valence electrons. The highest BCUT2D eigenvalue weighted by atomic mass is 79.9. The van der Waals surface area contributed by atoms with Crippen molar-refractivity contribution in [2.75, 3.05) is 5.33 Å². The van der Waals surface area contributed by atoms with Crippen LogP contribution in [0, 0.1) is 10.1 Å². The number of alkyl halides is 1. The number of nitro benzene ring substituents is 1. The number of carbonyl (C=O) groups excluding carboxylic acids is 1. The molecule has 0 aliphatic carbocycles. The van der Waals surface area contributed by atoms with Crippen molar-refractivity contribution in [1.29, 1.82) is 0 Å². The van der Waals surface area contributed by atoms with E-state index in [4.69, 9.17) is 4.84 Å². The van der Waals surface area contributed by atoms with Crippen LogP contribution in [0.3, 0.4) is 0 Å². The summed E-state index contributed by atoms with van der Waals surface area (Å²) in [6, 6.07) is 4.02. The van der Waals surface area contributed by atoms with Crippen molar-refractivity contribution >= 4 is 38.6 Å². The third-order valence-electron chi connectivity index (χ3n) is 2.31. The molecule has 0 aliphatic rings. The Hall–Kier alpha value is -2.03. The van der Waals surface area contributed by atoms with Gasteiger partial charge in [0.25, 0.3) is 5.69 Å². The van der Waals surface area contributed by atoms with Gasteiger partial charge >= 0.3 is 5.97 Å². The van der Waals surface area contributed by atoms with Gasteiger partial charge < -0.3 is 4.84 Å². The summed E-state index contributed by atoms with van der Waals surface area (Å²) in [5.41, 5.74) is 0.577. The number of carbonyl (C=O) groups is 1.